The Morgan fingerprint density at radius 3 is 2.58 bits per heavy atom. The number of piperidine rings is 1. The minimum Gasteiger partial charge on any atom is -0.444 e. The molecular weight excluding hydrogens is 409 g/mol. The van der Waals surface area contributed by atoms with Crippen molar-refractivity contribution in [3.8, 4) is 0 Å². The molecular formula is C17H23BrFN3O4. The van der Waals surface area contributed by atoms with Gasteiger partial charge in [-0.25, -0.2) is 9.18 Å². The first-order chi connectivity index (χ1) is 12.1. The first-order valence-electron chi connectivity index (χ1n) is 8.42. The zero-order chi connectivity index (χ0) is 19.5. The SMILES string of the molecule is CC(C)(C)OC(=O)N1CCC(CNc2cc(Br)c(F)cc2[N+](=O)[O-])CC1. The highest BCUT2D eigenvalue weighted by atomic mass is 79.9. The van der Waals surface area contributed by atoms with E-state index in [0.717, 1.165) is 18.9 Å². The van der Waals surface area contributed by atoms with E-state index in [1.165, 1.54) is 6.07 Å². The topological polar surface area (TPSA) is 84.7 Å². The molecule has 1 aliphatic rings. The molecule has 0 aromatic heterocycles. The van der Waals surface area contributed by atoms with Crippen molar-refractivity contribution in [1.82, 2.24) is 4.90 Å². The van der Waals surface area contributed by atoms with E-state index < -0.39 is 16.3 Å². The number of halogens is 2. The van der Waals surface area contributed by atoms with E-state index >= 15 is 0 Å². The summed E-state index contributed by atoms with van der Waals surface area (Å²) in [4.78, 5) is 24.2. The Hall–Kier alpha value is -1.90. The number of nitrogens with zero attached hydrogens (tertiary/aromatic N) is 2. The third kappa shape index (κ3) is 5.55. The normalized spacial score (nSPS) is 15.7. The van der Waals surface area contributed by atoms with E-state index in [4.69, 9.17) is 4.74 Å². The van der Waals surface area contributed by atoms with E-state index in [0.29, 0.717) is 19.6 Å². The van der Waals surface area contributed by atoms with Crippen LogP contribution in [0.3, 0.4) is 0 Å². The summed E-state index contributed by atoms with van der Waals surface area (Å²) < 4.78 is 19.1. The highest BCUT2D eigenvalue weighted by molar-refractivity contribution is 9.10. The molecule has 26 heavy (non-hydrogen) atoms. The summed E-state index contributed by atoms with van der Waals surface area (Å²) in [6.07, 6.45) is 1.21. The van der Waals surface area contributed by atoms with Gasteiger partial charge in [-0.1, -0.05) is 0 Å². The lowest BCUT2D eigenvalue weighted by Gasteiger charge is -2.33. The first-order valence-corrected chi connectivity index (χ1v) is 9.21. The van der Waals surface area contributed by atoms with Crippen LogP contribution in [-0.4, -0.2) is 41.2 Å². The van der Waals surface area contributed by atoms with Gasteiger partial charge in [0.2, 0.25) is 0 Å². The van der Waals surface area contributed by atoms with Crippen molar-refractivity contribution in [1.29, 1.82) is 0 Å². The largest absolute Gasteiger partial charge is 0.444 e. The van der Waals surface area contributed by atoms with Crippen LogP contribution in [-0.2, 0) is 4.74 Å². The highest BCUT2D eigenvalue weighted by Crippen LogP contribution is 2.31. The van der Waals surface area contributed by atoms with Crippen molar-refractivity contribution in [2.24, 2.45) is 5.92 Å². The fourth-order valence-corrected chi connectivity index (χ4v) is 3.07. The molecule has 0 aliphatic carbocycles. The number of benzene rings is 1. The van der Waals surface area contributed by atoms with Crippen molar-refractivity contribution < 1.29 is 18.8 Å². The van der Waals surface area contributed by atoms with Crippen molar-refractivity contribution in [3.63, 3.8) is 0 Å². The summed E-state index contributed by atoms with van der Waals surface area (Å²) >= 11 is 3.05. The molecule has 1 aliphatic heterocycles. The van der Waals surface area contributed by atoms with E-state index in [-0.39, 0.29) is 27.9 Å². The van der Waals surface area contributed by atoms with Crippen LogP contribution in [0, 0.1) is 21.8 Å². The van der Waals surface area contributed by atoms with Crippen LogP contribution >= 0.6 is 15.9 Å². The molecule has 144 valence electrons. The van der Waals surface area contributed by atoms with Crippen molar-refractivity contribution >= 4 is 33.4 Å². The van der Waals surface area contributed by atoms with Gasteiger partial charge in [-0.3, -0.25) is 10.1 Å². The van der Waals surface area contributed by atoms with Crippen LogP contribution in [0.2, 0.25) is 0 Å². The fraction of sp³-hybridized carbons (Fsp3) is 0.588. The molecule has 1 N–H and O–H groups in total. The molecule has 0 radical (unpaired) electrons. The molecule has 1 amide bonds. The Morgan fingerprint density at radius 1 is 1.42 bits per heavy atom. The van der Waals surface area contributed by atoms with Gasteiger partial charge in [0.1, 0.15) is 17.1 Å². The number of hydrogen-bond acceptors (Lipinski definition) is 5. The number of carbonyl (C=O) groups excluding carboxylic acids is 1. The van der Waals surface area contributed by atoms with E-state index in [2.05, 4.69) is 21.2 Å². The Morgan fingerprint density at radius 2 is 2.04 bits per heavy atom. The average molecular weight is 432 g/mol. The molecule has 0 saturated carbocycles. The second-order valence-electron chi connectivity index (χ2n) is 7.33. The van der Waals surface area contributed by atoms with Crippen LogP contribution in [0.1, 0.15) is 33.6 Å². The third-order valence-corrected chi connectivity index (χ3v) is 4.69. The molecule has 2 rings (SSSR count). The molecule has 0 bridgehead atoms. The predicted octanol–water partition coefficient (Wildman–Crippen LogP) is 4.56. The number of ether oxygens (including phenoxy) is 1. The number of nitro groups is 1. The summed E-state index contributed by atoms with van der Waals surface area (Å²) in [6, 6.07) is 2.28. The van der Waals surface area contributed by atoms with Crippen LogP contribution in [0.25, 0.3) is 0 Å². The fourth-order valence-electron chi connectivity index (χ4n) is 2.73. The Balaban J connectivity index is 1.90. The molecule has 1 heterocycles. The van der Waals surface area contributed by atoms with Gasteiger partial charge in [-0.15, -0.1) is 0 Å². The molecule has 0 atom stereocenters. The number of carbonyl (C=O) groups is 1. The highest BCUT2D eigenvalue weighted by Gasteiger charge is 2.27. The molecule has 1 fully saturated rings. The Kier molecular flexibility index (Phi) is 6.44. The smallest absolute Gasteiger partial charge is 0.410 e. The number of nitro benzene ring substituents is 1. The number of rotatable bonds is 4. The monoisotopic (exact) mass is 431 g/mol. The second kappa shape index (κ2) is 8.20. The van der Waals surface area contributed by atoms with Crippen molar-refractivity contribution in [2.75, 3.05) is 25.0 Å². The maximum atomic E-state index is 13.5. The Bertz CT molecular complexity index is 685. The summed E-state index contributed by atoms with van der Waals surface area (Å²) in [5.74, 6) is -0.412. The number of hydrogen-bond donors (Lipinski definition) is 1. The molecule has 1 aromatic carbocycles. The average Bonchev–Trinajstić information content (AvgIpc) is 2.54. The third-order valence-electron chi connectivity index (χ3n) is 4.08. The lowest BCUT2D eigenvalue weighted by atomic mass is 9.97. The van der Waals surface area contributed by atoms with Gasteiger partial charge >= 0.3 is 6.09 Å². The first kappa shape index (κ1) is 20.4. The van der Waals surface area contributed by atoms with Crippen LogP contribution < -0.4 is 5.32 Å². The predicted molar refractivity (Wildman–Crippen MR) is 99.8 cm³/mol. The van der Waals surface area contributed by atoms with Crippen molar-refractivity contribution in [3.05, 3.63) is 32.5 Å². The zero-order valence-corrected chi connectivity index (χ0v) is 16.6. The summed E-state index contributed by atoms with van der Waals surface area (Å²) in [7, 11) is 0. The zero-order valence-electron chi connectivity index (χ0n) is 15.1. The van der Waals surface area contributed by atoms with E-state index in [1.807, 2.05) is 20.8 Å². The summed E-state index contributed by atoms with van der Waals surface area (Å²) in [5, 5.41) is 14.1. The van der Waals surface area contributed by atoms with E-state index in [1.54, 1.807) is 4.90 Å². The number of amides is 1. The lowest BCUT2D eigenvalue weighted by molar-refractivity contribution is -0.384. The molecule has 9 heteroatoms. The maximum Gasteiger partial charge on any atom is 0.410 e. The van der Waals surface area contributed by atoms with Gasteiger partial charge < -0.3 is 15.0 Å². The quantitative estimate of drug-likeness (QED) is 0.557. The van der Waals surface area contributed by atoms with Gasteiger partial charge in [0.05, 0.1) is 15.5 Å². The van der Waals surface area contributed by atoms with Gasteiger partial charge in [0.25, 0.3) is 5.69 Å². The van der Waals surface area contributed by atoms with Crippen LogP contribution in [0.5, 0.6) is 0 Å². The number of anilines is 1. The summed E-state index contributed by atoms with van der Waals surface area (Å²) in [6.45, 7) is 7.16. The van der Waals surface area contributed by atoms with Gasteiger partial charge in [0.15, 0.2) is 0 Å². The van der Waals surface area contributed by atoms with Gasteiger partial charge in [-0.05, 0) is 61.5 Å². The van der Waals surface area contributed by atoms with Crippen LogP contribution in [0.15, 0.2) is 16.6 Å². The van der Waals surface area contributed by atoms with Crippen molar-refractivity contribution in [2.45, 2.75) is 39.2 Å². The standard InChI is InChI=1S/C17H23BrFN3O4/c1-17(2,3)26-16(23)21-6-4-11(5-7-21)10-20-14-8-12(18)13(19)9-15(14)22(24)25/h8-9,11,20H,4-7,10H2,1-3H3. The molecule has 7 nitrogen and oxygen atoms in total. The molecule has 1 aromatic rings. The number of nitrogens with one attached hydrogen (secondary N) is 1. The second-order valence-corrected chi connectivity index (χ2v) is 8.19. The molecule has 1 saturated heterocycles. The Labute approximate surface area is 160 Å². The maximum absolute atomic E-state index is 13.5. The van der Waals surface area contributed by atoms with Gasteiger partial charge in [0, 0.05) is 19.6 Å². The van der Waals surface area contributed by atoms with Crippen LogP contribution in [0.4, 0.5) is 20.6 Å². The summed E-state index contributed by atoms with van der Waals surface area (Å²) in [5.41, 5.74) is -0.542. The number of likely N-dealkylation sites (tertiary alicyclic amines) is 1. The molecule has 0 spiro atoms. The minimum absolute atomic E-state index is 0.172. The minimum atomic E-state index is -0.673. The van der Waals surface area contributed by atoms with E-state index in [9.17, 15) is 19.3 Å². The van der Waals surface area contributed by atoms with Gasteiger partial charge in [-0.2, -0.15) is 0 Å². The molecule has 0 unspecified atom stereocenters. The lowest BCUT2D eigenvalue weighted by Crippen LogP contribution is -2.42.